The molecule has 2 aromatic heterocycles. The summed E-state index contributed by atoms with van der Waals surface area (Å²) in [5.74, 6) is -0.444. The van der Waals surface area contributed by atoms with Crippen LogP contribution < -0.4 is 5.32 Å². The topological polar surface area (TPSA) is 86.1 Å². The lowest BCUT2D eigenvalue weighted by Crippen LogP contribution is -2.30. The number of carbonyl (C=O) groups is 2. The van der Waals surface area contributed by atoms with Crippen LogP contribution >= 0.6 is 0 Å². The minimum absolute atomic E-state index is 0.254. The SMILES string of the molecule is Cc1cc(C)n(-c2ccc(C(=O)OC(C)C(=O)Nc3ccccc3-c3ccccc3)cn2)n1. The Bertz CT molecular complexity index is 1280. The average molecular weight is 441 g/mol. The summed E-state index contributed by atoms with van der Waals surface area (Å²) >= 11 is 0. The minimum Gasteiger partial charge on any atom is -0.449 e. The van der Waals surface area contributed by atoms with Gasteiger partial charge in [0, 0.05) is 23.1 Å². The maximum absolute atomic E-state index is 12.7. The van der Waals surface area contributed by atoms with Gasteiger partial charge in [-0.1, -0.05) is 48.5 Å². The molecule has 0 saturated carbocycles. The molecule has 4 aromatic rings. The van der Waals surface area contributed by atoms with Gasteiger partial charge in [0.25, 0.3) is 5.91 Å². The van der Waals surface area contributed by atoms with E-state index in [1.165, 1.54) is 13.1 Å². The molecule has 166 valence electrons. The quantitative estimate of drug-likeness (QED) is 0.438. The summed E-state index contributed by atoms with van der Waals surface area (Å²) in [7, 11) is 0. The van der Waals surface area contributed by atoms with E-state index in [1.807, 2.05) is 74.5 Å². The first kappa shape index (κ1) is 22.0. The van der Waals surface area contributed by atoms with Gasteiger partial charge in [0.05, 0.1) is 11.3 Å². The lowest BCUT2D eigenvalue weighted by atomic mass is 10.0. The fourth-order valence-electron chi connectivity index (χ4n) is 3.47. The number of benzene rings is 2. The highest BCUT2D eigenvalue weighted by molar-refractivity contribution is 5.99. The number of hydrogen-bond donors (Lipinski definition) is 1. The highest BCUT2D eigenvalue weighted by atomic mass is 16.5. The van der Waals surface area contributed by atoms with Crippen LogP contribution in [0.15, 0.2) is 79.0 Å². The molecular formula is C26H24N4O3. The van der Waals surface area contributed by atoms with E-state index in [-0.39, 0.29) is 5.56 Å². The van der Waals surface area contributed by atoms with E-state index in [2.05, 4.69) is 15.4 Å². The predicted octanol–water partition coefficient (Wildman–Crippen LogP) is 4.74. The molecular weight excluding hydrogens is 416 g/mol. The van der Waals surface area contributed by atoms with Gasteiger partial charge in [-0.05, 0) is 50.6 Å². The number of nitrogens with one attached hydrogen (secondary N) is 1. The Labute approximate surface area is 192 Å². The standard InChI is InChI=1S/C26H24N4O3/c1-17-15-18(2)30(29-17)24-14-13-21(16-27-24)26(32)33-19(3)25(31)28-23-12-8-7-11-22(23)20-9-5-4-6-10-20/h4-16,19H,1-3H3,(H,28,31). The van der Waals surface area contributed by atoms with Crippen molar-refractivity contribution < 1.29 is 14.3 Å². The summed E-state index contributed by atoms with van der Waals surface area (Å²) in [4.78, 5) is 29.6. The van der Waals surface area contributed by atoms with Gasteiger partial charge in [-0.3, -0.25) is 4.79 Å². The van der Waals surface area contributed by atoms with E-state index < -0.39 is 18.0 Å². The number of aryl methyl sites for hydroxylation is 2. The number of para-hydroxylation sites is 1. The van der Waals surface area contributed by atoms with Gasteiger partial charge in [0.15, 0.2) is 11.9 Å². The van der Waals surface area contributed by atoms with Crippen LogP contribution in [0, 0.1) is 13.8 Å². The number of anilines is 1. The van der Waals surface area contributed by atoms with Crippen LogP contribution in [0.1, 0.15) is 28.7 Å². The normalized spacial score (nSPS) is 11.6. The van der Waals surface area contributed by atoms with Gasteiger partial charge in [0.1, 0.15) is 0 Å². The molecule has 1 amide bonds. The van der Waals surface area contributed by atoms with Gasteiger partial charge < -0.3 is 10.1 Å². The molecule has 7 nitrogen and oxygen atoms in total. The highest BCUT2D eigenvalue weighted by Gasteiger charge is 2.20. The van der Waals surface area contributed by atoms with Crippen LogP contribution in [-0.4, -0.2) is 32.7 Å². The number of nitrogens with zero attached hydrogens (tertiary/aromatic N) is 3. The first-order valence-electron chi connectivity index (χ1n) is 10.6. The Morgan fingerprint density at radius 1 is 0.970 bits per heavy atom. The molecule has 1 N–H and O–H groups in total. The van der Waals surface area contributed by atoms with E-state index >= 15 is 0 Å². The van der Waals surface area contributed by atoms with Crippen molar-refractivity contribution in [1.82, 2.24) is 14.8 Å². The Morgan fingerprint density at radius 2 is 1.70 bits per heavy atom. The van der Waals surface area contributed by atoms with Crippen LogP contribution in [0.5, 0.6) is 0 Å². The molecule has 33 heavy (non-hydrogen) atoms. The van der Waals surface area contributed by atoms with Crippen LogP contribution in [-0.2, 0) is 9.53 Å². The van der Waals surface area contributed by atoms with E-state index in [9.17, 15) is 9.59 Å². The molecule has 0 spiro atoms. The van der Waals surface area contributed by atoms with E-state index in [0.29, 0.717) is 11.5 Å². The van der Waals surface area contributed by atoms with Crippen molar-refractivity contribution in [2.75, 3.05) is 5.32 Å². The molecule has 2 aromatic carbocycles. The van der Waals surface area contributed by atoms with E-state index in [0.717, 1.165) is 22.5 Å². The number of hydrogen-bond acceptors (Lipinski definition) is 5. The Balaban J connectivity index is 1.42. The second-order valence-electron chi connectivity index (χ2n) is 7.69. The minimum atomic E-state index is -0.989. The van der Waals surface area contributed by atoms with Crippen LogP contribution in [0.2, 0.25) is 0 Å². The smallest absolute Gasteiger partial charge is 0.340 e. The maximum Gasteiger partial charge on any atom is 0.340 e. The van der Waals surface area contributed by atoms with Crippen LogP contribution in [0.3, 0.4) is 0 Å². The number of amides is 1. The molecule has 0 aliphatic carbocycles. The van der Waals surface area contributed by atoms with Crippen molar-refractivity contribution in [1.29, 1.82) is 0 Å². The van der Waals surface area contributed by atoms with Crippen molar-refractivity contribution in [2.24, 2.45) is 0 Å². The average Bonchev–Trinajstić information content (AvgIpc) is 3.17. The van der Waals surface area contributed by atoms with Gasteiger partial charge >= 0.3 is 5.97 Å². The van der Waals surface area contributed by atoms with Crippen molar-refractivity contribution in [3.8, 4) is 16.9 Å². The zero-order chi connectivity index (χ0) is 23.4. The molecule has 0 saturated heterocycles. The molecule has 7 heteroatoms. The summed E-state index contributed by atoms with van der Waals surface area (Å²) in [6, 6.07) is 22.5. The van der Waals surface area contributed by atoms with Gasteiger partial charge in [-0.2, -0.15) is 5.10 Å². The summed E-state index contributed by atoms with van der Waals surface area (Å²) in [6.07, 6.45) is 0.431. The number of rotatable bonds is 6. The fraction of sp³-hybridized carbons (Fsp3) is 0.154. The largest absolute Gasteiger partial charge is 0.449 e. The first-order valence-corrected chi connectivity index (χ1v) is 10.6. The van der Waals surface area contributed by atoms with E-state index in [1.54, 1.807) is 16.8 Å². The molecule has 1 unspecified atom stereocenters. The fourth-order valence-corrected chi connectivity index (χ4v) is 3.47. The molecule has 2 heterocycles. The molecule has 1 atom stereocenters. The molecule has 0 radical (unpaired) electrons. The van der Waals surface area contributed by atoms with Crippen molar-refractivity contribution in [3.63, 3.8) is 0 Å². The monoisotopic (exact) mass is 440 g/mol. The molecule has 0 bridgehead atoms. The number of pyridine rings is 1. The first-order chi connectivity index (χ1) is 15.9. The molecule has 0 aliphatic rings. The predicted molar refractivity (Wildman–Crippen MR) is 126 cm³/mol. The molecule has 0 fully saturated rings. The summed E-state index contributed by atoms with van der Waals surface area (Å²) < 4.78 is 7.08. The third-order valence-electron chi connectivity index (χ3n) is 5.13. The summed E-state index contributed by atoms with van der Waals surface area (Å²) in [5.41, 5.74) is 4.58. The Morgan fingerprint density at radius 3 is 2.36 bits per heavy atom. The van der Waals surface area contributed by atoms with Crippen LogP contribution in [0.25, 0.3) is 16.9 Å². The van der Waals surface area contributed by atoms with Crippen LogP contribution in [0.4, 0.5) is 5.69 Å². The Kier molecular flexibility index (Phi) is 6.31. The van der Waals surface area contributed by atoms with Gasteiger partial charge in [-0.25, -0.2) is 14.5 Å². The second kappa shape index (κ2) is 9.48. The summed E-state index contributed by atoms with van der Waals surface area (Å²) in [5, 5.41) is 7.24. The third kappa shape index (κ3) is 4.98. The van der Waals surface area contributed by atoms with Crippen molar-refractivity contribution in [3.05, 3.63) is 95.9 Å². The molecule has 4 rings (SSSR count). The third-order valence-corrected chi connectivity index (χ3v) is 5.13. The lowest BCUT2D eigenvalue weighted by Gasteiger charge is -2.16. The van der Waals surface area contributed by atoms with E-state index in [4.69, 9.17) is 4.74 Å². The van der Waals surface area contributed by atoms with Crippen molar-refractivity contribution in [2.45, 2.75) is 26.9 Å². The van der Waals surface area contributed by atoms with Crippen molar-refractivity contribution >= 4 is 17.6 Å². The number of aromatic nitrogens is 3. The maximum atomic E-state index is 12.7. The zero-order valence-electron chi connectivity index (χ0n) is 18.6. The number of esters is 1. The van der Waals surface area contributed by atoms with Gasteiger partial charge in [0.2, 0.25) is 0 Å². The number of ether oxygens (including phenoxy) is 1. The second-order valence-corrected chi connectivity index (χ2v) is 7.69. The molecule has 0 aliphatic heterocycles. The summed E-state index contributed by atoms with van der Waals surface area (Å²) in [6.45, 7) is 5.37. The highest BCUT2D eigenvalue weighted by Crippen LogP contribution is 2.27. The number of carbonyl (C=O) groups excluding carboxylic acids is 2. The Hall–Kier alpha value is -4.26. The lowest BCUT2D eigenvalue weighted by molar-refractivity contribution is -0.123. The van der Waals surface area contributed by atoms with Gasteiger partial charge in [-0.15, -0.1) is 0 Å². The zero-order valence-corrected chi connectivity index (χ0v) is 18.6.